The smallest absolute Gasteiger partial charge is 0.251 e. The Kier molecular flexibility index (Phi) is 4.17. The molecule has 1 unspecified atom stereocenters. The molecule has 1 aliphatic rings. The molecule has 1 aromatic carbocycles. The van der Waals surface area contributed by atoms with E-state index < -0.39 is 0 Å². The summed E-state index contributed by atoms with van der Waals surface area (Å²) in [6, 6.07) is 5.91. The van der Waals surface area contributed by atoms with Crippen molar-refractivity contribution in [1.29, 1.82) is 0 Å². The highest BCUT2D eigenvalue weighted by Crippen LogP contribution is 2.37. The molecule has 1 fully saturated rings. The van der Waals surface area contributed by atoms with E-state index in [9.17, 15) is 4.79 Å². The molecule has 98 valence electrons. The standard InChI is InChI=1S/C14H17Br2NO/c1-14(2)5-3-4-12(14)17-13(18)9-6-10(15)8-11(16)7-9/h6-8,12H,3-5H2,1-2H3,(H,17,18). The Morgan fingerprint density at radius 3 is 2.39 bits per heavy atom. The molecule has 0 spiro atoms. The summed E-state index contributed by atoms with van der Waals surface area (Å²) in [6.07, 6.45) is 3.45. The van der Waals surface area contributed by atoms with E-state index in [1.165, 1.54) is 12.8 Å². The Labute approximate surface area is 125 Å². The van der Waals surface area contributed by atoms with Crippen LogP contribution >= 0.6 is 31.9 Å². The van der Waals surface area contributed by atoms with Gasteiger partial charge in [-0.3, -0.25) is 4.79 Å². The van der Waals surface area contributed by atoms with Gasteiger partial charge in [-0.2, -0.15) is 0 Å². The van der Waals surface area contributed by atoms with Gasteiger partial charge in [0, 0.05) is 20.6 Å². The molecule has 18 heavy (non-hydrogen) atoms. The summed E-state index contributed by atoms with van der Waals surface area (Å²) in [6.45, 7) is 4.45. The van der Waals surface area contributed by atoms with Gasteiger partial charge in [-0.05, 0) is 36.5 Å². The van der Waals surface area contributed by atoms with Crippen molar-refractivity contribution >= 4 is 37.8 Å². The second-order valence-corrected chi connectivity index (χ2v) is 7.40. The number of hydrogen-bond acceptors (Lipinski definition) is 1. The summed E-state index contributed by atoms with van der Waals surface area (Å²) < 4.78 is 1.82. The average molecular weight is 375 g/mol. The molecule has 2 rings (SSSR count). The highest BCUT2D eigenvalue weighted by atomic mass is 79.9. The minimum Gasteiger partial charge on any atom is -0.349 e. The van der Waals surface area contributed by atoms with Gasteiger partial charge in [-0.15, -0.1) is 0 Å². The lowest BCUT2D eigenvalue weighted by molar-refractivity contribution is 0.0910. The Bertz CT molecular complexity index is 451. The summed E-state index contributed by atoms with van der Waals surface area (Å²) >= 11 is 6.81. The lowest BCUT2D eigenvalue weighted by Crippen LogP contribution is -2.41. The van der Waals surface area contributed by atoms with Gasteiger partial charge in [0.1, 0.15) is 0 Å². The molecule has 2 nitrogen and oxygen atoms in total. The molecule has 0 bridgehead atoms. The summed E-state index contributed by atoms with van der Waals surface area (Å²) in [5.41, 5.74) is 0.901. The van der Waals surface area contributed by atoms with Crippen molar-refractivity contribution in [1.82, 2.24) is 5.32 Å². The van der Waals surface area contributed by atoms with Crippen LogP contribution in [0.2, 0.25) is 0 Å². The number of halogens is 2. The fourth-order valence-corrected chi connectivity index (χ4v) is 3.81. The fraction of sp³-hybridized carbons (Fsp3) is 0.500. The first-order chi connectivity index (χ1) is 8.38. The van der Waals surface area contributed by atoms with Crippen LogP contribution in [0.15, 0.2) is 27.1 Å². The van der Waals surface area contributed by atoms with Crippen molar-refractivity contribution in [3.05, 3.63) is 32.7 Å². The predicted octanol–water partition coefficient (Wildman–Crippen LogP) is 4.52. The summed E-state index contributed by atoms with van der Waals surface area (Å²) in [7, 11) is 0. The lowest BCUT2D eigenvalue weighted by Gasteiger charge is -2.27. The fourth-order valence-electron chi connectivity index (χ4n) is 2.52. The molecule has 0 radical (unpaired) electrons. The Balaban J connectivity index is 2.12. The molecule has 1 atom stereocenters. The van der Waals surface area contributed by atoms with Crippen molar-refractivity contribution < 1.29 is 4.79 Å². The maximum atomic E-state index is 12.2. The molecule has 0 aliphatic heterocycles. The van der Waals surface area contributed by atoms with Gasteiger partial charge in [0.25, 0.3) is 5.91 Å². The zero-order valence-electron chi connectivity index (χ0n) is 10.6. The van der Waals surface area contributed by atoms with Gasteiger partial charge in [-0.1, -0.05) is 52.1 Å². The second-order valence-electron chi connectivity index (χ2n) is 5.56. The Morgan fingerprint density at radius 1 is 1.28 bits per heavy atom. The van der Waals surface area contributed by atoms with E-state index in [0.29, 0.717) is 5.56 Å². The third-order valence-electron chi connectivity index (χ3n) is 3.69. The van der Waals surface area contributed by atoms with Crippen LogP contribution in [-0.4, -0.2) is 11.9 Å². The first-order valence-electron chi connectivity index (χ1n) is 6.15. The van der Waals surface area contributed by atoms with Gasteiger partial charge < -0.3 is 5.32 Å². The zero-order chi connectivity index (χ0) is 13.3. The van der Waals surface area contributed by atoms with Gasteiger partial charge in [0.15, 0.2) is 0 Å². The number of amides is 1. The van der Waals surface area contributed by atoms with Crippen LogP contribution in [-0.2, 0) is 0 Å². The number of benzene rings is 1. The van der Waals surface area contributed by atoms with Crippen molar-refractivity contribution in [2.75, 3.05) is 0 Å². The van der Waals surface area contributed by atoms with Crippen LogP contribution in [0.25, 0.3) is 0 Å². The number of nitrogens with one attached hydrogen (secondary N) is 1. The number of rotatable bonds is 2. The number of carbonyl (C=O) groups is 1. The van der Waals surface area contributed by atoms with E-state index in [4.69, 9.17) is 0 Å². The highest BCUT2D eigenvalue weighted by molar-refractivity contribution is 9.11. The van der Waals surface area contributed by atoms with E-state index in [1.54, 1.807) is 0 Å². The third kappa shape index (κ3) is 3.15. The summed E-state index contributed by atoms with van der Waals surface area (Å²) in [5, 5.41) is 3.16. The molecular formula is C14H17Br2NO. The Morgan fingerprint density at radius 2 is 1.89 bits per heavy atom. The third-order valence-corrected chi connectivity index (χ3v) is 4.60. The number of hydrogen-bond donors (Lipinski definition) is 1. The molecule has 1 amide bonds. The molecule has 1 aliphatic carbocycles. The molecular weight excluding hydrogens is 358 g/mol. The highest BCUT2D eigenvalue weighted by Gasteiger charge is 2.35. The SMILES string of the molecule is CC1(C)CCCC1NC(=O)c1cc(Br)cc(Br)c1. The predicted molar refractivity (Wildman–Crippen MR) is 80.7 cm³/mol. The van der Waals surface area contributed by atoms with Crippen LogP contribution in [0.1, 0.15) is 43.5 Å². The van der Waals surface area contributed by atoms with Crippen LogP contribution in [0, 0.1) is 5.41 Å². The molecule has 1 N–H and O–H groups in total. The number of carbonyl (C=O) groups excluding carboxylic acids is 1. The van der Waals surface area contributed by atoms with Crippen LogP contribution in [0.5, 0.6) is 0 Å². The van der Waals surface area contributed by atoms with Crippen LogP contribution in [0.3, 0.4) is 0 Å². The normalized spacial score (nSPS) is 21.9. The molecule has 0 heterocycles. The lowest BCUT2D eigenvalue weighted by atomic mass is 9.87. The van der Waals surface area contributed by atoms with E-state index in [0.717, 1.165) is 15.4 Å². The van der Waals surface area contributed by atoms with Gasteiger partial charge in [0.2, 0.25) is 0 Å². The minimum absolute atomic E-state index is 0.0111. The first kappa shape index (κ1) is 14.1. The molecule has 1 aromatic rings. The molecule has 4 heteroatoms. The van der Waals surface area contributed by atoms with E-state index in [1.807, 2.05) is 18.2 Å². The quantitative estimate of drug-likeness (QED) is 0.809. The van der Waals surface area contributed by atoms with E-state index in [2.05, 4.69) is 51.0 Å². The van der Waals surface area contributed by atoms with Crippen molar-refractivity contribution in [3.63, 3.8) is 0 Å². The van der Waals surface area contributed by atoms with Crippen molar-refractivity contribution in [2.45, 2.75) is 39.2 Å². The maximum Gasteiger partial charge on any atom is 0.251 e. The van der Waals surface area contributed by atoms with Crippen molar-refractivity contribution in [2.24, 2.45) is 5.41 Å². The van der Waals surface area contributed by atoms with E-state index >= 15 is 0 Å². The molecule has 0 aromatic heterocycles. The van der Waals surface area contributed by atoms with Crippen LogP contribution in [0.4, 0.5) is 0 Å². The van der Waals surface area contributed by atoms with Crippen LogP contribution < -0.4 is 5.32 Å². The largest absolute Gasteiger partial charge is 0.349 e. The molecule has 0 saturated heterocycles. The topological polar surface area (TPSA) is 29.1 Å². The summed E-state index contributed by atoms with van der Waals surface area (Å²) in [4.78, 5) is 12.2. The van der Waals surface area contributed by atoms with Gasteiger partial charge in [0.05, 0.1) is 0 Å². The second kappa shape index (κ2) is 5.33. The van der Waals surface area contributed by atoms with E-state index in [-0.39, 0.29) is 17.4 Å². The summed E-state index contributed by atoms with van der Waals surface area (Å²) in [5.74, 6) is 0.0111. The minimum atomic E-state index is 0.0111. The van der Waals surface area contributed by atoms with Crippen molar-refractivity contribution in [3.8, 4) is 0 Å². The maximum absolute atomic E-state index is 12.2. The zero-order valence-corrected chi connectivity index (χ0v) is 13.8. The average Bonchev–Trinajstić information content (AvgIpc) is 2.57. The molecule has 1 saturated carbocycles. The van der Waals surface area contributed by atoms with Gasteiger partial charge >= 0.3 is 0 Å². The van der Waals surface area contributed by atoms with Gasteiger partial charge in [-0.25, -0.2) is 0 Å². The Hall–Kier alpha value is -0.350. The monoisotopic (exact) mass is 373 g/mol. The first-order valence-corrected chi connectivity index (χ1v) is 7.74.